The van der Waals surface area contributed by atoms with E-state index >= 15 is 0 Å². The van der Waals surface area contributed by atoms with Gasteiger partial charge < -0.3 is 10.2 Å². The van der Waals surface area contributed by atoms with Crippen molar-refractivity contribution < 1.29 is 9.59 Å². The Kier molecular flexibility index (Phi) is 7.26. The number of hydrogen-bond donors (Lipinski definition) is 1. The Morgan fingerprint density at radius 2 is 1.81 bits per heavy atom. The molecular weight excluding hydrogens is 288 g/mol. The molecule has 0 bridgehead atoms. The van der Waals surface area contributed by atoms with E-state index in [4.69, 9.17) is 11.6 Å². The number of nitrogens with one attached hydrogen (secondary N) is 1. The number of benzene rings is 1. The number of amides is 2. The van der Waals surface area contributed by atoms with Crippen LogP contribution >= 0.6 is 11.6 Å². The second-order valence-corrected chi connectivity index (χ2v) is 4.77. The smallest absolute Gasteiger partial charge is 0.252 e. The Bertz CT molecular complexity index is 519. The normalized spacial score (nSPS) is 9.76. The van der Waals surface area contributed by atoms with Crippen LogP contribution in [0.3, 0.4) is 0 Å². The van der Waals surface area contributed by atoms with Crippen LogP contribution in [0.15, 0.2) is 49.6 Å². The number of carbonyl (C=O) groups excluding carboxylic acids is 2. The number of carbonyl (C=O) groups is 2. The first-order valence-corrected chi connectivity index (χ1v) is 7.00. The number of rotatable bonds is 8. The van der Waals surface area contributed by atoms with Gasteiger partial charge in [0.05, 0.1) is 10.6 Å². The van der Waals surface area contributed by atoms with Gasteiger partial charge in [-0.15, -0.1) is 13.2 Å². The van der Waals surface area contributed by atoms with Crippen LogP contribution < -0.4 is 5.32 Å². The molecule has 0 saturated carbocycles. The standard InChI is InChI=1S/C16H19ClN2O2/c1-3-11-19(12-4-2)15(20)9-10-18-16(21)13-7-5-6-8-14(13)17/h3-8H,1-2,9-12H2,(H,18,21). The summed E-state index contributed by atoms with van der Waals surface area (Å²) in [4.78, 5) is 25.5. The summed E-state index contributed by atoms with van der Waals surface area (Å²) in [6.07, 6.45) is 3.53. The van der Waals surface area contributed by atoms with Crippen molar-refractivity contribution >= 4 is 23.4 Å². The van der Waals surface area contributed by atoms with Gasteiger partial charge in [-0.25, -0.2) is 0 Å². The summed E-state index contributed by atoms with van der Waals surface area (Å²) in [7, 11) is 0. The SMILES string of the molecule is C=CCN(CC=C)C(=O)CCNC(=O)c1ccccc1Cl. The van der Waals surface area contributed by atoms with Gasteiger partial charge in [0.15, 0.2) is 0 Å². The van der Waals surface area contributed by atoms with Crippen molar-refractivity contribution in [1.82, 2.24) is 10.2 Å². The molecule has 0 aliphatic carbocycles. The van der Waals surface area contributed by atoms with Gasteiger partial charge in [-0.1, -0.05) is 35.9 Å². The number of hydrogen-bond acceptors (Lipinski definition) is 2. The lowest BCUT2D eigenvalue weighted by molar-refractivity contribution is -0.130. The summed E-state index contributed by atoms with van der Waals surface area (Å²) in [5.74, 6) is -0.346. The summed E-state index contributed by atoms with van der Waals surface area (Å²) in [5.41, 5.74) is 0.403. The van der Waals surface area contributed by atoms with Crippen LogP contribution in [0.5, 0.6) is 0 Å². The molecule has 0 aromatic heterocycles. The van der Waals surface area contributed by atoms with Gasteiger partial charge in [-0.2, -0.15) is 0 Å². The van der Waals surface area contributed by atoms with Crippen molar-refractivity contribution in [1.29, 1.82) is 0 Å². The fraction of sp³-hybridized carbons (Fsp3) is 0.250. The zero-order valence-corrected chi connectivity index (χ0v) is 12.6. The summed E-state index contributed by atoms with van der Waals surface area (Å²) in [6, 6.07) is 6.78. The largest absolute Gasteiger partial charge is 0.351 e. The monoisotopic (exact) mass is 306 g/mol. The molecule has 1 N–H and O–H groups in total. The highest BCUT2D eigenvalue weighted by Crippen LogP contribution is 2.14. The molecule has 5 heteroatoms. The fourth-order valence-electron chi connectivity index (χ4n) is 1.77. The van der Waals surface area contributed by atoms with Gasteiger partial charge in [0.25, 0.3) is 5.91 Å². The average molecular weight is 307 g/mol. The minimum Gasteiger partial charge on any atom is -0.351 e. The van der Waals surface area contributed by atoms with Gasteiger partial charge >= 0.3 is 0 Å². The molecule has 0 spiro atoms. The lowest BCUT2D eigenvalue weighted by Gasteiger charge is -2.19. The first-order valence-electron chi connectivity index (χ1n) is 6.62. The molecule has 2 amide bonds. The molecular formula is C16H19ClN2O2. The molecule has 0 fully saturated rings. The fourth-order valence-corrected chi connectivity index (χ4v) is 1.99. The lowest BCUT2D eigenvalue weighted by atomic mass is 10.2. The molecule has 4 nitrogen and oxygen atoms in total. The Balaban J connectivity index is 2.47. The maximum Gasteiger partial charge on any atom is 0.252 e. The van der Waals surface area contributed by atoms with Crippen LogP contribution in [0.25, 0.3) is 0 Å². The van der Waals surface area contributed by atoms with Crippen molar-refractivity contribution in [3.8, 4) is 0 Å². The van der Waals surface area contributed by atoms with E-state index in [0.717, 1.165) is 0 Å². The first kappa shape index (κ1) is 17.0. The topological polar surface area (TPSA) is 49.4 Å². The molecule has 1 aromatic carbocycles. The quantitative estimate of drug-likeness (QED) is 0.751. The molecule has 0 aliphatic rings. The van der Waals surface area contributed by atoms with Crippen molar-refractivity contribution in [2.75, 3.05) is 19.6 Å². The van der Waals surface area contributed by atoms with E-state index in [1.54, 1.807) is 41.3 Å². The van der Waals surface area contributed by atoms with Gasteiger partial charge in [0, 0.05) is 26.1 Å². The van der Waals surface area contributed by atoms with Gasteiger partial charge in [0.1, 0.15) is 0 Å². The molecule has 0 radical (unpaired) electrons. The van der Waals surface area contributed by atoms with Gasteiger partial charge in [-0.05, 0) is 12.1 Å². The van der Waals surface area contributed by atoms with E-state index in [1.165, 1.54) is 0 Å². The Hall–Kier alpha value is -2.07. The minimum atomic E-state index is -0.285. The maximum absolute atomic E-state index is 12.0. The van der Waals surface area contributed by atoms with Crippen molar-refractivity contribution in [2.45, 2.75) is 6.42 Å². The van der Waals surface area contributed by atoms with Crippen molar-refractivity contribution in [3.63, 3.8) is 0 Å². The molecule has 0 saturated heterocycles. The third-order valence-electron chi connectivity index (χ3n) is 2.79. The molecule has 0 heterocycles. The molecule has 1 aromatic rings. The van der Waals surface area contributed by atoms with Crippen molar-refractivity contribution in [2.24, 2.45) is 0 Å². The maximum atomic E-state index is 12.0. The van der Waals surface area contributed by atoms with E-state index in [1.807, 2.05) is 0 Å². The van der Waals surface area contributed by atoms with E-state index in [0.29, 0.717) is 23.7 Å². The molecule has 0 unspecified atom stereocenters. The highest BCUT2D eigenvalue weighted by Gasteiger charge is 2.12. The number of halogens is 1. The van der Waals surface area contributed by atoms with Gasteiger partial charge in [-0.3, -0.25) is 9.59 Å². The van der Waals surface area contributed by atoms with Crippen LogP contribution in [0.1, 0.15) is 16.8 Å². The van der Waals surface area contributed by atoms with Crippen LogP contribution in [-0.4, -0.2) is 36.3 Å². The predicted octanol–water partition coefficient (Wildman–Crippen LogP) is 2.66. The Morgan fingerprint density at radius 1 is 1.19 bits per heavy atom. The highest BCUT2D eigenvalue weighted by molar-refractivity contribution is 6.33. The highest BCUT2D eigenvalue weighted by atomic mass is 35.5. The van der Waals surface area contributed by atoms with Crippen LogP contribution in [0, 0.1) is 0 Å². The third kappa shape index (κ3) is 5.44. The molecule has 21 heavy (non-hydrogen) atoms. The second kappa shape index (κ2) is 8.97. The molecule has 1 rings (SSSR count). The Morgan fingerprint density at radius 3 is 2.38 bits per heavy atom. The predicted molar refractivity (Wildman–Crippen MR) is 85.4 cm³/mol. The van der Waals surface area contributed by atoms with Crippen LogP contribution in [0.2, 0.25) is 5.02 Å². The van der Waals surface area contributed by atoms with Crippen molar-refractivity contribution in [3.05, 3.63) is 60.2 Å². The molecule has 0 aliphatic heterocycles. The summed E-state index contributed by atoms with van der Waals surface area (Å²) in [5, 5.41) is 3.08. The molecule has 0 atom stereocenters. The zero-order valence-electron chi connectivity index (χ0n) is 11.8. The van der Waals surface area contributed by atoms with E-state index in [9.17, 15) is 9.59 Å². The van der Waals surface area contributed by atoms with Crippen LogP contribution in [-0.2, 0) is 4.79 Å². The van der Waals surface area contributed by atoms with Gasteiger partial charge in [0.2, 0.25) is 5.91 Å². The van der Waals surface area contributed by atoms with E-state index < -0.39 is 0 Å². The average Bonchev–Trinajstić information content (AvgIpc) is 2.47. The second-order valence-electron chi connectivity index (χ2n) is 4.36. The van der Waals surface area contributed by atoms with E-state index in [-0.39, 0.29) is 24.8 Å². The minimum absolute atomic E-state index is 0.0609. The summed E-state index contributed by atoms with van der Waals surface area (Å²) < 4.78 is 0. The van der Waals surface area contributed by atoms with E-state index in [2.05, 4.69) is 18.5 Å². The number of nitrogens with zero attached hydrogens (tertiary/aromatic N) is 1. The summed E-state index contributed by atoms with van der Waals surface area (Å²) >= 11 is 5.94. The lowest BCUT2D eigenvalue weighted by Crippen LogP contribution is -2.34. The third-order valence-corrected chi connectivity index (χ3v) is 3.12. The summed E-state index contributed by atoms with van der Waals surface area (Å²) in [6.45, 7) is 8.40. The Labute approximate surface area is 130 Å². The molecule has 112 valence electrons. The first-order chi connectivity index (χ1) is 10.1. The van der Waals surface area contributed by atoms with Crippen LogP contribution in [0.4, 0.5) is 0 Å². The zero-order chi connectivity index (χ0) is 15.7.